The lowest BCUT2D eigenvalue weighted by molar-refractivity contribution is -0.131. The number of amides is 1. The number of benzene rings is 2. The average Bonchev–Trinajstić information content (AvgIpc) is 2.78. The third-order valence-corrected chi connectivity index (χ3v) is 9.31. The molecule has 1 saturated heterocycles. The Kier molecular flexibility index (Phi) is 8.03. The summed E-state index contributed by atoms with van der Waals surface area (Å²) in [6, 6.07) is 10.4. The van der Waals surface area contributed by atoms with Crippen LogP contribution in [0.4, 0.5) is 0 Å². The van der Waals surface area contributed by atoms with Crippen molar-refractivity contribution < 1.29 is 18.0 Å². The molecule has 33 heavy (non-hydrogen) atoms. The smallest absolute Gasteiger partial charge is 0.243 e. The SMILES string of the molecule is CC(=O)c1c(C)cc(C)c(CS[C@@H](C)C(=O)N2CCN(S(=O)(=O)c3ccccc3)CC2)c1C. The molecule has 6 nitrogen and oxygen atoms in total. The van der Waals surface area contributed by atoms with Gasteiger partial charge in [-0.2, -0.15) is 4.31 Å². The molecular formula is C25H32N2O4S2. The predicted octanol–water partition coefficient (Wildman–Crippen LogP) is 3.97. The molecule has 178 valence electrons. The second kappa shape index (κ2) is 10.4. The number of carbonyl (C=O) groups is 2. The summed E-state index contributed by atoms with van der Waals surface area (Å²) in [7, 11) is -3.54. The Hall–Kier alpha value is -2.16. The summed E-state index contributed by atoms with van der Waals surface area (Å²) in [5.74, 6) is 0.725. The van der Waals surface area contributed by atoms with Crippen LogP contribution in [-0.2, 0) is 20.6 Å². The first-order valence-corrected chi connectivity index (χ1v) is 13.6. The Bertz CT molecular complexity index is 1140. The van der Waals surface area contributed by atoms with Gasteiger partial charge in [0.15, 0.2) is 5.78 Å². The van der Waals surface area contributed by atoms with E-state index in [4.69, 9.17) is 0 Å². The van der Waals surface area contributed by atoms with Gasteiger partial charge in [0.2, 0.25) is 15.9 Å². The van der Waals surface area contributed by atoms with Crippen molar-refractivity contribution in [1.29, 1.82) is 0 Å². The van der Waals surface area contributed by atoms with Crippen LogP contribution >= 0.6 is 11.8 Å². The zero-order valence-corrected chi connectivity index (χ0v) is 21.6. The van der Waals surface area contributed by atoms with E-state index in [2.05, 4.69) is 0 Å². The first kappa shape index (κ1) is 25.5. The normalized spacial score (nSPS) is 16.0. The van der Waals surface area contributed by atoms with E-state index in [-0.39, 0.29) is 21.8 Å². The minimum absolute atomic E-state index is 0.0194. The van der Waals surface area contributed by atoms with Crippen LogP contribution in [0.25, 0.3) is 0 Å². The largest absolute Gasteiger partial charge is 0.339 e. The number of nitrogens with zero attached hydrogens (tertiary/aromatic N) is 2. The highest BCUT2D eigenvalue weighted by atomic mass is 32.2. The van der Waals surface area contributed by atoms with Crippen molar-refractivity contribution in [2.45, 2.75) is 50.5 Å². The average molecular weight is 489 g/mol. The maximum atomic E-state index is 13.0. The van der Waals surface area contributed by atoms with Gasteiger partial charge in [0.1, 0.15) is 0 Å². The molecule has 2 aromatic carbocycles. The van der Waals surface area contributed by atoms with E-state index in [1.54, 1.807) is 53.9 Å². The highest BCUT2D eigenvalue weighted by molar-refractivity contribution is 7.99. The summed E-state index contributed by atoms with van der Waals surface area (Å²) >= 11 is 1.55. The fraction of sp³-hybridized carbons (Fsp3) is 0.440. The summed E-state index contributed by atoms with van der Waals surface area (Å²) in [6.07, 6.45) is 0. The van der Waals surface area contributed by atoms with Gasteiger partial charge in [-0.15, -0.1) is 11.8 Å². The first-order chi connectivity index (χ1) is 15.5. The molecule has 1 aliphatic rings. The summed E-state index contributed by atoms with van der Waals surface area (Å²) in [6.45, 7) is 10.8. The van der Waals surface area contributed by atoms with Crippen LogP contribution < -0.4 is 0 Å². The van der Waals surface area contributed by atoms with Crippen LogP contribution in [0.3, 0.4) is 0 Å². The summed E-state index contributed by atoms with van der Waals surface area (Å²) in [4.78, 5) is 27.1. The monoisotopic (exact) mass is 488 g/mol. The lowest BCUT2D eigenvalue weighted by Crippen LogP contribution is -2.52. The highest BCUT2D eigenvalue weighted by Crippen LogP contribution is 2.29. The van der Waals surface area contributed by atoms with Gasteiger partial charge in [-0.05, 0) is 69.0 Å². The topological polar surface area (TPSA) is 74.8 Å². The van der Waals surface area contributed by atoms with E-state index in [1.807, 2.05) is 33.8 Å². The lowest BCUT2D eigenvalue weighted by atomic mass is 9.92. The van der Waals surface area contributed by atoms with Crippen molar-refractivity contribution in [2.24, 2.45) is 0 Å². The van der Waals surface area contributed by atoms with Crippen molar-refractivity contribution in [3.63, 3.8) is 0 Å². The number of Topliss-reactive ketones (excluding diaryl/α,β-unsaturated/α-hetero) is 1. The fourth-order valence-electron chi connectivity index (χ4n) is 4.42. The first-order valence-electron chi connectivity index (χ1n) is 11.1. The molecule has 1 amide bonds. The minimum atomic E-state index is -3.54. The molecule has 0 N–H and O–H groups in total. The standard InChI is InChI=1S/C25H32N2O4S2/c1-17-15-18(2)24(20(4)28)19(3)23(17)16-32-21(5)25(29)26-11-13-27(14-12-26)33(30,31)22-9-7-6-8-10-22/h6-10,15,21H,11-14,16H2,1-5H3/t21-/m0/s1. The molecule has 1 fully saturated rings. The number of piperazine rings is 1. The molecule has 0 saturated carbocycles. The van der Waals surface area contributed by atoms with E-state index in [9.17, 15) is 18.0 Å². The molecule has 0 aliphatic carbocycles. The number of carbonyl (C=O) groups excluding carboxylic acids is 2. The molecule has 0 spiro atoms. The molecule has 8 heteroatoms. The third-order valence-electron chi connectivity index (χ3n) is 6.24. The van der Waals surface area contributed by atoms with Crippen molar-refractivity contribution >= 4 is 33.5 Å². The number of rotatable bonds is 7. The summed E-state index contributed by atoms with van der Waals surface area (Å²) < 4.78 is 27.1. The maximum Gasteiger partial charge on any atom is 0.243 e. The Labute approximate surface area is 201 Å². The minimum Gasteiger partial charge on any atom is -0.339 e. The Morgan fingerprint density at radius 2 is 1.61 bits per heavy atom. The van der Waals surface area contributed by atoms with E-state index < -0.39 is 10.0 Å². The molecule has 2 aromatic rings. The van der Waals surface area contributed by atoms with Gasteiger partial charge in [-0.1, -0.05) is 24.3 Å². The molecular weight excluding hydrogens is 456 g/mol. The van der Waals surface area contributed by atoms with Crippen LogP contribution in [0.5, 0.6) is 0 Å². The molecule has 0 radical (unpaired) electrons. The maximum absolute atomic E-state index is 13.0. The van der Waals surface area contributed by atoms with Crippen LogP contribution in [0.1, 0.15) is 46.5 Å². The van der Waals surface area contributed by atoms with Crippen LogP contribution in [0, 0.1) is 20.8 Å². The lowest BCUT2D eigenvalue weighted by Gasteiger charge is -2.35. The van der Waals surface area contributed by atoms with Crippen molar-refractivity contribution in [1.82, 2.24) is 9.21 Å². The third kappa shape index (κ3) is 5.50. The molecule has 0 unspecified atom stereocenters. The van der Waals surface area contributed by atoms with Gasteiger partial charge in [0, 0.05) is 37.5 Å². The Morgan fingerprint density at radius 3 is 2.18 bits per heavy atom. The summed E-state index contributed by atoms with van der Waals surface area (Å²) in [5, 5.41) is -0.261. The molecule has 1 heterocycles. The summed E-state index contributed by atoms with van der Waals surface area (Å²) in [5.41, 5.74) is 4.98. The van der Waals surface area contributed by atoms with E-state index in [0.717, 1.165) is 27.8 Å². The zero-order chi connectivity index (χ0) is 24.3. The van der Waals surface area contributed by atoms with Gasteiger partial charge in [-0.3, -0.25) is 9.59 Å². The van der Waals surface area contributed by atoms with Crippen LogP contribution in [-0.4, -0.2) is 60.7 Å². The molecule has 0 aromatic heterocycles. The number of aryl methyl sites for hydroxylation is 2. The van der Waals surface area contributed by atoms with Crippen LogP contribution in [0.2, 0.25) is 0 Å². The highest BCUT2D eigenvalue weighted by Gasteiger charge is 2.31. The quantitative estimate of drug-likeness (QED) is 0.552. The van der Waals surface area contributed by atoms with Gasteiger partial charge < -0.3 is 4.90 Å². The number of hydrogen-bond acceptors (Lipinski definition) is 5. The Morgan fingerprint density at radius 1 is 1.00 bits per heavy atom. The number of sulfonamides is 1. The van der Waals surface area contributed by atoms with E-state index in [1.165, 1.54) is 4.31 Å². The van der Waals surface area contributed by atoms with Crippen molar-refractivity contribution in [2.75, 3.05) is 26.2 Å². The second-order valence-corrected chi connectivity index (χ2v) is 11.8. The Balaban J connectivity index is 1.61. The second-order valence-electron chi connectivity index (χ2n) is 8.54. The molecule has 3 rings (SSSR count). The number of hydrogen-bond donors (Lipinski definition) is 0. The van der Waals surface area contributed by atoms with Gasteiger partial charge in [0.05, 0.1) is 10.1 Å². The van der Waals surface area contributed by atoms with Gasteiger partial charge in [0.25, 0.3) is 0 Å². The van der Waals surface area contributed by atoms with Crippen LogP contribution in [0.15, 0.2) is 41.3 Å². The molecule has 1 aliphatic heterocycles. The molecule has 1 atom stereocenters. The van der Waals surface area contributed by atoms with Crippen molar-refractivity contribution in [3.8, 4) is 0 Å². The van der Waals surface area contributed by atoms with Gasteiger partial charge >= 0.3 is 0 Å². The van der Waals surface area contributed by atoms with Gasteiger partial charge in [-0.25, -0.2) is 8.42 Å². The zero-order valence-electron chi connectivity index (χ0n) is 19.9. The van der Waals surface area contributed by atoms with Crippen molar-refractivity contribution in [3.05, 3.63) is 64.2 Å². The number of ketones is 1. The number of thioether (sulfide) groups is 1. The fourth-order valence-corrected chi connectivity index (χ4v) is 7.01. The van der Waals surface area contributed by atoms with E-state index in [0.29, 0.717) is 31.9 Å². The predicted molar refractivity (Wildman–Crippen MR) is 133 cm³/mol. The van der Waals surface area contributed by atoms with E-state index >= 15 is 0 Å². The molecule has 0 bridgehead atoms.